The Morgan fingerprint density at radius 1 is 1.05 bits per heavy atom. The molecule has 184 valence electrons. The summed E-state index contributed by atoms with van der Waals surface area (Å²) in [5.41, 5.74) is 8.11. The van der Waals surface area contributed by atoms with Crippen LogP contribution in [-0.2, 0) is 0 Å². The van der Waals surface area contributed by atoms with Gasteiger partial charge in [0, 0.05) is 52.4 Å². The average molecular weight is 490 g/mol. The first-order valence-corrected chi connectivity index (χ1v) is 12.2. The standard InChI is InChI=1S/C28H27N9/c1-16(2)7-17(3)33-21-8-19(11-29-13-21)20-9-23-26(35-36-27(23)31-12-20)25-10-22-24(34-25)5-6-30-28(22)37-14-18(4)32-15-37/h5-6,8-16,33-34H,3,7H2,1-2,4H3,(H,31,35,36). The highest BCUT2D eigenvalue weighted by molar-refractivity contribution is 5.97. The van der Waals surface area contributed by atoms with Crippen LogP contribution in [0.5, 0.6) is 0 Å². The van der Waals surface area contributed by atoms with E-state index in [0.29, 0.717) is 11.6 Å². The van der Waals surface area contributed by atoms with E-state index in [4.69, 9.17) is 0 Å². The molecule has 3 N–H and O–H groups in total. The van der Waals surface area contributed by atoms with E-state index >= 15 is 0 Å². The maximum atomic E-state index is 4.61. The molecule has 6 aromatic rings. The van der Waals surface area contributed by atoms with Crippen LogP contribution in [0.3, 0.4) is 0 Å². The van der Waals surface area contributed by atoms with Gasteiger partial charge in [-0.1, -0.05) is 20.4 Å². The molecule has 0 saturated heterocycles. The zero-order chi connectivity index (χ0) is 25.5. The molecular weight excluding hydrogens is 462 g/mol. The summed E-state index contributed by atoms with van der Waals surface area (Å²) >= 11 is 0. The SMILES string of the molecule is C=C(CC(C)C)Nc1cncc(-c2cnc3n[nH]c(-c4cc5c(-n6cnc(C)c6)nccc5[nH]4)c3c2)c1. The van der Waals surface area contributed by atoms with Gasteiger partial charge in [0.2, 0.25) is 0 Å². The Balaban J connectivity index is 1.38. The predicted molar refractivity (Wildman–Crippen MR) is 146 cm³/mol. The molecule has 9 nitrogen and oxygen atoms in total. The minimum Gasteiger partial charge on any atom is -0.358 e. The van der Waals surface area contributed by atoms with E-state index in [1.54, 1.807) is 12.5 Å². The summed E-state index contributed by atoms with van der Waals surface area (Å²) in [6, 6.07) is 8.20. The summed E-state index contributed by atoms with van der Waals surface area (Å²) in [5.74, 6) is 1.35. The third-order valence-corrected chi connectivity index (χ3v) is 6.21. The van der Waals surface area contributed by atoms with Gasteiger partial charge in [-0.05, 0) is 43.5 Å². The topological polar surface area (TPSA) is 113 Å². The molecule has 0 amide bonds. The van der Waals surface area contributed by atoms with Crippen LogP contribution in [0.1, 0.15) is 26.0 Å². The van der Waals surface area contributed by atoms with E-state index in [0.717, 1.165) is 68.1 Å². The maximum absolute atomic E-state index is 4.61. The van der Waals surface area contributed by atoms with E-state index in [9.17, 15) is 0 Å². The lowest BCUT2D eigenvalue weighted by Gasteiger charge is -2.12. The Labute approximate surface area is 213 Å². The number of allylic oxidation sites excluding steroid dienone is 1. The molecule has 0 aliphatic carbocycles. The highest BCUT2D eigenvalue weighted by atomic mass is 15.2. The third-order valence-electron chi connectivity index (χ3n) is 6.21. The third kappa shape index (κ3) is 4.35. The number of aryl methyl sites for hydroxylation is 1. The molecule has 6 heterocycles. The van der Waals surface area contributed by atoms with Gasteiger partial charge >= 0.3 is 0 Å². The monoisotopic (exact) mass is 489 g/mol. The van der Waals surface area contributed by atoms with Crippen molar-refractivity contribution in [2.75, 3.05) is 5.32 Å². The molecule has 0 bridgehead atoms. The van der Waals surface area contributed by atoms with Crippen LogP contribution in [0.2, 0.25) is 0 Å². The molecule has 0 atom stereocenters. The van der Waals surface area contributed by atoms with Crippen LogP contribution in [0.4, 0.5) is 5.69 Å². The minimum absolute atomic E-state index is 0.530. The van der Waals surface area contributed by atoms with Crippen molar-refractivity contribution < 1.29 is 0 Å². The average Bonchev–Trinajstić information content (AvgIpc) is 3.60. The molecule has 6 rings (SSSR count). The van der Waals surface area contributed by atoms with Crippen molar-refractivity contribution in [3.63, 3.8) is 0 Å². The number of nitrogens with zero attached hydrogens (tertiary/aromatic N) is 6. The number of hydrogen-bond acceptors (Lipinski definition) is 6. The van der Waals surface area contributed by atoms with E-state index in [1.165, 1.54) is 0 Å². The second-order valence-corrected chi connectivity index (χ2v) is 9.68. The Kier molecular flexibility index (Phi) is 5.52. The molecule has 0 radical (unpaired) electrons. The van der Waals surface area contributed by atoms with E-state index in [2.05, 4.69) is 79.1 Å². The van der Waals surface area contributed by atoms with E-state index < -0.39 is 0 Å². The van der Waals surface area contributed by atoms with Gasteiger partial charge in [-0.3, -0.25) is 14.6 Å². The second-order valence-electron chi connectivity index (χ2n) is 9.68. The number of rotatable bonds is 7. The van der Waals surface area contributed by atoms with Crippen LogP contribution in [0.25, 0.3) is 50.3 Å². The molecular formula is C28H27N9. The number of pyridine rings is 3. The van der Waals surface area contributed by atoms with Crippen LogP contribution >= 0.6 is 0 Å². The lowest BCUT2D eigenvalue weighted by molar-refractivity contribution is 0.645. The lowest BCUT2D eigenvalue weighted by atomic mass is 10.1. The van der Waals surface area contributed by atoms with E-state index in [1.807, 2.05) is 42.3 Å². The lowest BCUT2D eigenvalue weighted by Crippen LogP contribution is -2.02. The van der Waals surface area contributed by atoms with Gasteiger partial charge < -0.3 is 10.3 Å². The number of fused-ring (bicyclic) bond motifs is 2. The molecule has 6 aromatic heterocycles. The fourth-order valence-electron chi connectivity index (χ4n) is 4.59. The van der Waals surface area contributed by atoms with Crippen molar-refractivity contribution in [3.05, 3.63) is 79.5 Å². The van der Waals surface area contributed by atoms with Crippen molar-refractivity contribution >= 4 is 27.6 Å². The summed E-state index contributed by atoms with van der Waals surface area (Å²) in [5, 5.41) is 12.9. The summed E-state index contributed by atoms with van der Waals surface area (Å²) in [6.07, 6.45) is 11.9. The van der Waals surface area contributed by atoms with Gasteiger partial charge in [0.1, 0.15) is 12.1 Å². The van der Waals surface area contributed by atoms with Gasteiger partial charge in [0.05, 0.1) is 34.5 Å². The van der Waals surface area contributed by atoms with Crippen molar-refractivity contribution in [3.8, 4) is 28.3 Å². The van der Waals surface area contributed by atoms with Crippen molar-refractivity contribution in [2.45, 2.75) is 27.2 Å². The first-order valence-electron chi connectivity index (χ1n) is 12.2. The summed E-state index contributed by atoms with van der Waals surface area (Å²) < 4.78 is 1.93. The molecule has 0 aromatic carbocycles. The summed E-state index contributed by atoms with van der Waals surface area (Å²) in [4.78, 5) is 21.5. The number of nitrogens with one attached hydrogen (secondary N) is 3. The zero-order valence-corrected chi connectivity index (χ0v) is 20.9. The molecule has 0 aliphatic rings. The number of anilines is 1. The molecule has 0 unspecified atom stereocenters. The summed E-state index contributed by atoms with van der Waals surface area (Å²) in [7, 11) is 0. The van der Waals surface area contributed by atoms with Crippen LogP contribution in [0.15, 0.2) is 73.9 Å². The maximum Gasteiger partial charge on any atom is 0.181 e. The number of H-pyrrole nitrogens is 2. The largest absolute Gasteiger partial charge is 0.358 e. The van der Waals surface area contributed by atoms with Gasteiger partial charge in [0.15, 0.2) is 5.65 Å². The highest BCUT2D eigenvalue weighted by Crippen LogP contribution is 2.32. The number of aromatic amines is 2. The molecule has 0 aliphatic heterocycles. The number of imidazole rings is 1. The fourth-order valence-corrected chi connectivity index (χ4v) is 4.59. The fraction of sp³-hybridized carbons (Fsp3) is 0.179. The highest BCUT2D eigenvalue weighted by Gasteiger charge is 2.15. The van der Waals surface area contributed by atoms with Crippen LogP contribution < -0.4 is 5.32 Å². The summed E-state index contributed by atoms with van der Waals surface area (Å²) in [6.45, 7) is 10.5. The van der Waals surface area contributed by atoms with Gasteiger partial charge in [-0.15, -0.1) is 0 Å². The second kappa shape index (κ2) is 9.02. The smallest absolute Gasteiger partial charge is 0.181 e. The van der Waals surface area contributed by atoms with E-state index in [-0.39, 0.29) is 0 Å². The number of aromatic nitrogens is 8. The Hall–Kier alpha value is -4.79. The zero-order valence-electron chi connectivity index (χ0n) is 20.9. The normalized spacial score (nSPS) is 11.6. The molecule has 37 heavy (non-hydrogen) atoms. The van der Waals surface area contributed by atoms with Gasteiger partial charge in [-0.25, -0.2) is 15.0 Å². The van der Waals surface area contributed by atoms with Crippen molar-refractivity contribution in [1.29, 1.82) is 0 Å². The van der Waals surface area contributed by atoms with Crippen LogP contribution in [0, 0.1) is 12.8 Å². The molecule has 0 fully saturated rings. The first-order chi connectivity index (χ1) is 17.9. The van der Waals surface area contributed by atoms with Crippen molar-refractivity contribution in [1.82, 2.24) is 39.7 Å². The Bertz CT molecular complexity index is 1750. The number of hydrogen-bond donors (Lipinski definition) is 3. The Morgan fingerprint density at radius 3 is 2.73 bits per heavy atom. The van der Waals surface area contributed by atoms with Crippen molar-refractivity contribution in [2.24, 2.45) is 5.92 Å². The Morgan fingerprint density at radius 2 is 1.92 bits per heavy atom. The minimum atomic E-state index is 0.530. The quantitative estimate of drug-likeness (QED) is 0.252. The van der Waals surface area contributed by atoms with Gasteiger partial charge in [0.25, 0.3) is 0 Å². The molecule has 0 spiro atoms. The predicted octanol–water partition coefficient (Wildman–Crippen LogP) is 6.03. The molecule has 0 saturated carbocycles. The van der Waals surface area contributed by atoms with Crippen LogP contribution in [-0.4, -0.2) is 39.7 Å². The van der Waals surface area contributed by atoms with Gasteiger partial charge in [-0.2, -0.15) is 5.10 Å². The first kappa shape index (κ1) is 22.7. The molecule has 9 heteroatoms.